The van der Waals surface area contributed by atoms with E-state index in [0.29, 0.717) is 11.3 Å². The van der Waals surface area contributed by atoms with Gasteiger partial charge in [0.25, 0.3) is 0 Å². The van der Waals surface area contributed by atoms with E-state index in [1.807, 2.05) is 48.5 Å². The van der Waals surface area contributed by atoms with Gasteiger partial charge in [-0.2, -0.15) is 5.26 Å². The number of fused-ring (bicyclic) bond motifs is 4. The summed E-state index contributed by atoms with van der Waals surface area (Å²) < 4.78 is 0. The molecule has 0 fully saturated rings. The molecule has 8 aromatic rings. The Balaban J connectivity index is 1.42. The van der Waals surface area contributed by atoms with Crippen LogP contribution >= 0.6 is 0 Å². The highest BCUT2D eigenvalue weighted by molar-refractivity contribution is 6.18. The van der Waals surface area contributed by atoms with Crippen molar-refractivity contribution in [2.75, 3.05) is 0 Å². The summed E-state index contributed by atoms with van der Waals surface area (Å²) in [6.45, 7) is 7.40. The molecule has 0 N–H and O–H groups in total. The molecule has 8 rings (SSSR count). The van der Waals surface area contributed by atoms with Gasteiger partial charge in [0, 0.05) is 11.1 Å². The minimum Gasteiger partial charge on any atom is -0.238 e. The lowest BCUT2D eigenvalue weighted by atomic mass is 9.87. The summed E-state index contributed by atoms with van der Waals surface area (Å²) in [6, 6.07) is 51.8. The molecule has 0 saturated carbocycles. The quantitative estimate of drug-likeness (QED) is 0.114. The van der Waals surface area contributed by atoms with Gasteiger partial charge in [-0.25, -0.2) is 4.85 Å². The fraction of sp³-hybridized carbons (Fsp3) is 0. The fourth-order valence-electron chi connectivity index (χ4n) is 6.69. The maximum atomic E-state index is 9.38. The van der Waals surface area contributed by atoms with Crippen molar-refractivity contribution < 1.29 is 0 Å². The molecule has 0 aliphatic rings. The van der Waals surface area contributed by atoms with Crippen LogP contribution in [0.2, 0.25) is 0 Å². The first-order chi connectivity index (χ1) is 22.7. The Labute approximate surface area is 267 Å². The van der Waals surface area contributed by atoms with Gasteiger partial charge in [0.05, 0.1) is 18.2 Å². The maximum absolute atomic E-state index is 9.38. The third kappa shape index (κ3) is 4.36. The van der Waals surface area contributed by atoms with Crippen molar-refractivity contribution in [1.29, 1.82) is 5.26 Å². The molecule has 0 spiro atoms. The molecule has 0 radical (unpaired) electrons. The Morgan fingerprint density at radius 1 is 0.413 bits per heavy atom. The standard InChI is InChI=1S/C44H24N2/c1-46-32-24-22-31(23-25-32)44-41-16-8-4-12-35(41)38(36-13-5-9-17-42(36)44)27-26-37-33-10-2-6-14-39(33)43(40-15-7-3-11-34(37)40)30-20-18-29(28-45)19-21-30/h2-25H. The molecule has 0 atom stereocenters. The molecule has 0 amide bonds. The second-order valence-corrected chi connectivity index (χ2v) is 11.3. The van der Waals surface area contributed by atoms with Crippen molar-refractivity contribution >= 4 is 48.8 Å². The summed E-state index contributed by atoms with van der Waals surface area (Å²) in [7, 11) is 0. The molecule has 46 heavy (non-hydrogen) atoms. The van der Waals surface area contributed by atoms with Crippen LogP contribution in [0.5, 0.6) is 0 Å². The highest BCUT2D eigenvalue weighted by Crippen LogP contribution is 2.41. The average molecular weight is 581 g/mol. The van der Waals surface area contributed by atoms with Gasteiger partial charge in [-0.15, -0.1) is 0 Å². The van der Waals surface area contributed by atoms with Crippen molar-refractivity contribution in [3.05, 3.63) is 174 Å². The van der Waals surface area contributed by atoms with Crippen LogP contribution in [-0.2, 0) is 0 Å². The summed E-state index contributed by atoms with van der Waals surface area (Å²) in [5.41, 5.74) is 7.71. The van der Waals surface area contributed by atoms with Crippen molar-refractivity contribution in [3.63, 3.8) is 0 Å². The minimum absolute atomic E-state index is 0.629. The van der Waals surface area contributed by atoms with Crippen molar-refractivity contribution in [3.8, 4) is 40.2 Å². The first-order valence-corrected chi connectivity index (χ1v) is 15.1. The predicted molar refractivity (Wildman–Crippen MR) is 191 cm³/mol. The molecule has 210 valence electrons. The van der Waals surface area contributed by atoms with Gasteiger partial charge in [-0.05, 0) is 77.5 Å². The maximum Gasteiger partial charge on any atom is 0.187 e. The normalized spacial score (nSPS) is 10.8. The zero-order valence-electron chi connectivity index (χ0n) is 24.8. The molecule has 8 aromatic carbocycles. The summed E-state index contributed by atoms with van der Waals surface area (Å²) in [5.74, 6) is 7.35. The number of benzene rings is 8. The second kappa shape index (κ2) is 11.1. The van der Waals surface area contributed by atoms with Crippen LogP contribution < -0.4 is 0 Å². The number of nitriles is 1. The fourth-order valence-corrected chi connectivity index (χ4v) is 6.69. The third-order valence-electron chi connectivity index (χ3n) is 8.76. The van der Waals surface area contributed by atoms with Gasteiger partial charge in [-0.1, -0.05) is 145 Å². The van der Waals surface area contributed by atoms with Crippen LogP contribution in [0, 0.1) is 29.7 Å². The zero-order valence-corrected chi connectivity index (χ0v) is 24.8. The van der Waals surface area contributed by atoms with Crippen LogP contribution in [0.15, 0.2) is 146 Å². The van der Waals surface area contributed by atoms with E-state index in [0.717, 1.165) is 76.5 Å². The molecule has 2 heteroatoms. The highest BCUT2D eigenvalue weighted by atomic mass is 14.6. The Morgan fingerprint density at radius 3 is 1.07 bits per heavy atom. The Hall–Kier alpha value is -6.66. The molecule has 0 aromatic heterocycles. The van der Waals surface area contributed by atoms with Gasteiger partial charge in [0.2, 0.25) is 0 Å². The summed E-state index contributed by atoms with van der Waals surface area (Å²) in [5, 5.41) is 18.3. The van der Waals surface area contributed by atoms with Gasteiger partial charge in [0.15, 0.2) is 5.69 Å². The first-order valence-electron chi connectivity index (χ1n) is 15.1. The number of hydrogen-bond donors (Lipinski definition) is 0. The molecule has 0 aliphatic carbocycles. The van der Waals surface area contributed by atoms with Crippen LogP contribution in [0.3, 0.4) is 0 Å². The van der Waals surface area contributed by atoms with E-state index in [2.05, 4.69) is 120 Å². The molecule has 0 saturated heterocycles. The molecule has 0 unspecified atom stereocenters. The van der Waals surface area contributed by atoms with E-state index >= 15 is 0 Å². The summed E-state index contributed by atoms with van der Waals surface area (Å²) in [6.07, 6.45) is 0. The smallest absolute Gasteiger partial charge is 0.187 e. The summed E-state index contributed by atoms with van der Waals surface area (Å²) >= 11 is 0. The minimum atomic E-state index is 0.629. The molecule has 0 aliphatic heterocycles. The van der Waals surface area contributed by atoms with Crippen LogP contribution in [-0.4, -0.2) is 0 Å². The molecule has 0 bridgehead atoms. The monoisotopic (exact) mass is 580 g/mol. The van der Waals surface area contributed by atoms with Crippen LogP contribution in [0.4, 0.5) is 5.69 Å². The summed E-state index contributed by atoms with van der Waals surface area (Å²) in [4.78, 5) is 3.59. The molecule has 0 heterocycles. The Bertz CT molecular complexity index is 2340. The molecular weight excluding hydrogens is 556 g/mol. The Kier molecular flexibility index (Phi) is 6.51. The topological polar surface area (TPSA) is 28.1 Å². The van der Waals surface area contributed by atoms with Crippen molar-refractivity contribution in [1.82, 2.24) is 0 Å². The largest absolute Gasteiger partial charge is 0.238 e. The lowest BCUT2D eigenvalue weighted by Crippen LogP contribution is -1.92. The van der Waals surface area contributed by atoms with Crippen LogP contribution in [0.25, 0.3) is 70.2 Å². The van der Waals surface area contributed by atoms with E-state index in [-0.39, 0.29) is 0 Å². The van der Waals surface area contributed by atoms with Crippen molar-refractivity contribution in [2.24, 2.45) is 0 Å². The Morgan fingerprint density at radius 2 is 0.739 bits per heavy atom. The number of hydrogen-bond acceptors (Lipinski definition) is 1. The third-order valence-corrected chi connectivity index (χ3v) is 8.76. The number of rotatable bonds is 2. The SMILES string of the molecule is [C-]#[N+]c1ccc(-c2c3ccccc3c(C#Cc3c4ccccc4c(-c4ccc(C#N)cc4)c4ccccc34)c3ccccc23)cc1. The molecular formula is C44H24N2. The van der Waals surface area contributed by atoms with Gasteiger partial charge in [0.1, 0.15) is 0 Å². The average Bonchev–Trinajstić information content (AvgIpc) is 3.13. The zero-order chi connectivity index (χ0) is 31.0. The van der Waals surface area contributed by atoms with E-state index < -0.39 is 0 Å². The van der Waals surface area contributed by atoms with E-state index in [1.54, 1.807) is 0 Å². The first kappa shape index (κ1) is 26.9. The van der Waals surface area contributed by atoms with Gasteiger partial charge in [-0.3, -0.25) is 0 Å². The molecule has 2 nitrogen and oxygen atoms in total. The lowest BCUT2D eigenvalue weighted by molar-refractivity contribution is 1.49. The number of nitrogens with zero attached hydrogens (tertiary/aromatic N) is 2. The second-order valence-electron chi connectivity index (χ2n) is 11.3. The highest BCUT2D eigenvalue weighted by Gasteiger charge is 2.16. The predicted octanol–water partition coefficient (Wildman–Crippen LogP) is 11.5. The van der Waals surface area contributed by atoms with E-state index in [1.165, 1.54) is 0 Å². The van der Waals surface area contributed by atoms with Gasteiger partial charge < -0.3 is 0 Å². The van der Waals surface area contributed by atoms with E-state index in [9.17, 15) is 5.26 Å². The van der Waals surface area contributed by atoms with Crippen LogP contribution in [0.1, 0.15) is 16.7 Å². The van der Waals surface area contributed by atoms with Crippen molar-refractivity contribution in [2.45, 2.75) is 0 Å². The van der Waals surface area contributed by atoms with E-state index in [4.69, 9.17) is 6.57 Å². The van der Waals surface area contributed by atoms with Gasteiger partial charge >= 0.3 is 0 Å². The lowest BCUT2D eigenvalue weighted by Gasteiger charge is -2.16.